The maximum atomic E-state index is 11.7. The number of esters is 1. The fraction of sp³-hybridized carbons (Fsp3) is 0.250. The van der Waals surface area contributed by atoms with E-state index in [0.717, 1.165) is 0 Å². The van der Waals surface area contributed by atoms with Crippen LogP contribution in [-0.4, -0.2) is 21.0 Å². The number of ether oxygens (including phenoxy) is 1. The van der Waals surface area contributed by atoms with E-state index >= 15 is 0 Å². The molecule has 0 unspecified atom stereocenters. The van der Waals surface area contributed by atoms with E-state index in [0.29, 0.717) is 10.9 Å². The van der Waals surface area contributed by atoms with Gasteiger partial charge < -0.3 is 9.15 Å². The molecule has 7 heteroatoms. The monoisotopic (exact) mass is 302 g/mol. The zero-order valence-electron chi connectivity index (χ0n) is 10.3. The maximum Gasteiger partial charge on any atom is 0.374 e. The van der Waals surface area contributed by atoms with Crippen molar-refractivity contribution in [2.24, 2.45) is 0 Å². The number of benzene rings is 1. The van der Waals surface area contributed by atoms with Crippen LogP contribution in [0.4, 0.5) is 0 Å². The number of rotatable bonds is 3. The van der Waals surface area contributed by atoms with Crippen molar-refractivity contribution in [3.05, 3.63) is 29.5 Å². The molecule has 1 aromatic heterocycles. The van der Waals surface area contributed by atoms with Gasteiger partial charge >= 0.3 is 5.97 Å². The van der Waals surface area contributed by atoms with Gasteiger partial charge in [-0.25, -0.2) is 13.2 Å². The number of furan rings is 1. The number of aryl methyl sites for hydroxylation is 1. The van der Waals surface area contributed by atoms with Crippen LogP contribution >= 0.6 is 10.7 Å². The third kappa shape index (κ3) is 2.59. The molecule has 0 amide bonds. The van der Waals surface area contributed by atoms with Crippen molar-refractivity contribution in [1.29, 1.82) is 0 Å². The lowest BCUT2D eigenvalue weighted by Gasteiger charge is -1.97. The molecule has 0 atom stereocenters. The van der Waals surface area contributed by atoms with Gasteiger partial charge in [0.25, 0.3) is 9.05 Å². The number of carbonyl (C=O) groups is 1. The topological polar surface area (TPSA) is 73.6 Å². The Hall–Kier alpha value is -1.53. The van der Waals surface area contributed by atoms with E-state index < -0.39 is 15.0 Å². The van der Waals surface area contributed by atoms with Gasteiger partial charge in [0.15, 0.2) is 0 Å². The predicted octanol–water partition coefficient (Wildman–Crippen LogP) is 2.85. The standard InChI is InChI=1S/C12H11ClO5S/c1-3-17-12(14)11-7(2)9-5-4-8(19(13,15)16)6-10(9)18-11/h4-6H,3H2,1-2H3. The summed E-state index contributed by atoms with van der Waals surface area (Å²) in [5.74, 6) is -0.507. The zero-order chi connectivity index (χ0) is 14.2. The summed E-state index contributed by atoms with van der Waals surface area (Å²) >= 11 is 0. The Morgan fingerprint density at radius 1 is 1.42 bits per heavy atom. The van der Waals surface area contributed by atoms with Gasteiger partial charge in [0.05, 0.1) is 11.5 Å². The van der Waals surface area contributed by atoms with Gasteiger partial charge in [-0.05, 0) is 26.0 Å². The van der Waals surface area contributed by atoms with E-state index in [1.807, 2.05) is 0 Å². The van der Waals surface area contributed by atoms with Gasteiger partial charge in [0, 0.05) is 27.7 Å². The fourth-order valence-corrected chi connectivity index (χ4v) is 2.52. The summed E-state index contributed by atoms with van der Waals surface area (Å²) in [7, 11) is 1.42. The van der Waals surface area contributed by atoms with Gasteiger partial charge in [-0.3, -0.25) is 0 Å². The summed E-state index contributed by atoms with van der Waals surface area (Å²) in [4.78, 5) is 11.6. The van der Waals surface area contributed by atoms with Crippen LogP contribution in [0.25, 0.3) is 11.0 Å². The highest BCUT2D eigenvalue weighted by atomic mass is 35.7. The van der Waals surface area contributed by atoms with E-state index in [2.05, 4.69) is 0 Å². The lowest BCUT2D eigenvalue weighted by Crippen LogP contribution is -2.04. The largest absolute Gasteiger partial charge is 0.460 e. The molecule has 0 saturated carbocycles. The summed E-state index contributed by atoms with van der Waals surface area (Å²) in [5.41, 5.74) is 0.884. The zero-order valence-corrected chi connectivity index (χ0v) is 11.8. The number of carbonyl (C=O) groups excluding carboxylic acids is 1. The molecule has 0 fully saturated rings. The first kappa shape index (κ1) is 13.9. The third-order valence-electron chi connectivity index (χ3n) is 2.65. The van der Waals surface area contributed by atoms with Gasteiger partial charge in [-0.15, -0.1) is 0 Å². The van der Waals surface area contributed by atoms with E-state index in [-0.39, 0.29) is 22.8 Å². The molecule has 0 aliphatic heterocycles. The molecule has 1 heterocycles. The Morgan fingerprint density at radius 3 is 2.68 bits per heavy atom. The Labute approximate surface area is 114 Å². The normalized spacial score (nSPS) is 11.7. The lowest BCUT2D eigenvalue weighted by molar-refractivity contribution is 0.0491. The molecule has 0 bridgehead atoms. The Kier molecular flexibility index (Phi) is 3.56. The Bertz CT molecular complexity index is 745. The smallest absolute Gasteiger partial charge is 0.374 e. The molecule has 0 saturated heterocycles. The highest BCUT2D eigenvalue weighted by molar-refractivity contribution is 8.13. The van der Waals surface area contributed by atoms with Gasteiger partial charge in [-0.1, -0.05) is 0 Å². The molecular formula is C12H11ClO5S. The maximum absolute atomic E-state index is 11.7. The van der Waals surface area contributed by atoms with Crippen LogP contribution in [0.15, 0.2) is 27.5 Å². The van der Waals surface area contributed by atoms with Gasteiger partial charge in [0.1, 0.15) is 5.58 Å². The molecule has 19 heavy (non-hydrogen) atoms. The molecular weight excluding hydrogens is 292 g/mol. The quantitative estimate of drug-likeness (QED) is 0.644. The first-order valence-electron chi connectivity index (χ1n) is 5.49. The van der Waals surface area contributed by atoms with Crippen molar-refractivity contribution < 1.29 is 22.4 Å². The van der Waals surface area contributed by atoms with Crippen LogP contribution in [0.1, 0.15) is 23.0 Å². The summed E-state index contributed by atoms with van der Waals surface area (Å²) < 4.78 is 32.7. The second-order valence-electron chi connectivity index (χ2n) is 3.87. The first-order valence-corrected chi connectivity index (χ1v) is 7.80. The van der Waals surface area contributed by atoms with Crippen LogP contribution in [0, 0.1) is 6.92 Å². The predicted molar refractivity (Wildman–Crippen MR) is 69.9 cm³/mol. The molecule has 0 spiro atoms. The average Bonchev–Trinajstić information content (AvgIpc) is 2.66. The minimum Gasteiger partial charge on any atom is -0.460 e. The van der Waals surface area contributed by atoms with Crippen LogP contribution in [0.2, 0.25) is 0 Å². The van der Waals surface area contributed by atoms with E-state index in [4.69, 9.17) is 19.8 Å². The molecule has 2 aromatic rings. The molecule has 5 nitrogen and oxygen atoms in total. The van der Waals surface area contributed by atoms with Gasteiger partial charge in [-0.2, -0.15) is 0 Å². The van der Waals surface area contributed by atoms with Crippen LogP contribution in [-0.2, 0) is 13.8 Å². The Balaban J connectivity index is 2.60. The Morgan fingerprint density at radius 2 is 2.11 bits per heavy atom. The van der Waals surface area contributed by atoms with Crippen molar-refractivity contribution in [2.75, 3.05) is 6.61 Å². The SMILES string of the molecule is CCOC(=O)c1oc2cc(S(=O)(=O)Cl)ccc2c1C. The lowest BCUT2D eigenvalue weighted by atomic mass is 10.1. The molecule has 2 rings (SSSR count). The minimum absolute atomic E-state index is 0.0703. The molecule has 1 aromatic carbocycles. The number of hydrogen-bond acceptors (Lipinski definition) is 5. The summed E-state index contributed by atoms with van der Waals surface area (Å²) in [5, 5.41) is 0.645. The number of halogens is 1. The van der Waals surface area contributed by atoms with Crippen molar-refractivity contribution in [3.8, 4) is 0 Å². The first-order chi connectivity index (χ1) is 8.84. The second kappa shape index (κ2) is 4.86. The van der Waals surface area contributed by atoms with Crippen molar-refractivity contribution in [2.45, 2.75) is 18.7 Å². The molecule has 0 aliphatic rings. The van der Waals surface area contributed by atoms with Crippen molar-refractivity contribution >= 4 is 36.7 Å². The van der Waals surface area contributed by atoms with Crippen molar-refractivity contribution in [3.63, 3.8) is 0 Å². The van der Waals surface area contributed by atoms with E-state index in [9.17, 15) is 13.2 Å². The fourth-order valence-electron chi connectivity index (χ4n) is 1.75. The molecule has 102 valence electrons. The van der Waals surface area contributed by atoms with E-state index in [1.165, 1.54) is 12.1 Å². The summed E-state index contributed by atoms with van der Waals surface area (Å²) in [6, 6.07) is 4.20. The van der Waals surface area contributed by atoms with Crippen molar-refractivity contribution in [1.82, 2.24) is 0 Å². The van der Waals surface area contributed by atoms with Gasteiger partial charge in [0.2, 0.25) is 5.76 Å². The second-order valence-corrected chi connectivity index (χ2v) is 6.44. The third-order valence-corrected chi connectivity index (χ3v) is 4.00. The van der Waals surface area contributed by atoms with E-state index in [1.54, 1.807) is 19.9 Å². The van der Waals surface area contributed by atoms with Crippen LogP contribution in [0.3, 0.4) is 0 Å². The highest BCUT2D eigenvalue weighted by Crippen LogP contribution is 2.29. The average molecular weight is 303 g/mol. The summed E-state index contributed by atoms with van der Waals surface area (Å²) in [6.45, 7) is 3.62. The van der Waals surface area contributed by atoms with Crippen LogP contribution < -0.4 is 0 Å². The molecule has 0 radical (unpaired) electrons. The number of fused-ring (bicyclic) bond motifs is 1. The minimum atomic E-state index is -3.83. The van der Waals surface area contributed by atoms with Crippen LogP contribution in [0.5, 0.6) is 0 Å². The highest BCUT2D eigenvalue weighted by Gasteiger charge is 2.20. The molecule has 0 aliphatic carbocycles. The number of hydrogen-bond donors (Lipinski definition) is 0. The summed E-state index contributed by atoms with van der Waals surface area (Å²) in [6.07, 6.45) is 0. The molecule has 0 N–H and O–H groups in total.